The molecule has 0 nitrogen and oxygen atoms in total. The summed E-state index contributed by atoms with van der Waals surface area (Å²) in [6.45, 7) is 21.7. The summed E-state index contributed by atoms with van der Waals surface area (Å²) in [4.78, 5) is 0. The minimum Gasteiger partial charge on any atom is -0.206 e. The fourth-order valence-electron chi connectivity index (χ4n) is 24.4. The molecule has 15 aromatic rings. The van der Waals surface area contributed by atoms with Crippen LogP contribution in [0.15, 0.2) is 334 Å². The van der Waals surface area contributed by atoms with Gasteiger partial charge in [-0.3, -0.25) is 0 Å². The van der Waals surface area contributed by atoms with E-state index >= 15 is 0 Å². The molecular weight excluding hydrogens is 1820 g/mol. The van der Waals surface area contributed by atoms with Crippen LogP contribution in [-0.2, 0) is 0 Å². The maximum absolute atomic E-state index is 14.8. The molecule has 0 unspecified atom stereocenters. The van der Waals surface area contributed by atoms with Gasteiger partial charge in [-0.1, -0.05) is 456 Å². The lowest BCUT2D eigenvalue weighted by atomic mass is 9.77. The molecule has 0 heterocycles. The van der Waals surface area contributed by atoms with Crippen molar-refractivity contribution in [1.29, 1.82) is 0 Å². The lowest BCUT2D eigenvalue weighted by Crippen LogP contribution is -2.13. The van der Waals surface area contributed by atoms with Gasteiger partial charge >= 0.3 is 0 Å². The van der Waals surface area contributed by atoms with Crippen LogP contribution < -0.4 is 0 Å². The van der Waals surface area contributed by atoms with Gasteiger partial charge in [0.05, 0.1) is 0 Å². The molecule has 5 saturated carbocycles. The van der Waals surface area contributed by atoms with E-state index in [2.05, 4.69) is 156 Å². The lowest BCUT2D eigenvalue weighted by Gasteiger charge is -2.29. The first-order chi connectivity index (χ1) is 72.7. The molecule has 774 valence electrons. The van der Waals surface area contributed by atoms with Gasteiger partial charge in [-0.15, -0.1) is 0 Å². The lowest BCUT2D eigenvalue weighted by molar-refractivity contribution is 0.303. The van der Waals surface area contributed by atoms with Crippen LogP contribution in [0.25, 0.3) is 111 Å². The zero-order valence-corrected chi connectivity index (χ0v) is 91.0. The number of halogens is 5. The van der Waals surface area contributed by atoms with Gasteiger partial charge in [0.2, 0.25) is 0 Å². The molecule has 0 aliphatic heterocycles. The van der Waals surface area contributed by atoms with Crippen LogP contribution in [-0.4, -0.2) is 0 Å². The third-order valence-corrected chi connectivity index (χ3v) is 34.1. The van der Waals surface area contributed by atoms with Gasteiger partial charge in [-0.05, 0) is 364 Å². The highest BCUT2D eigenvalue weighted by Gasteiger charge is 2.29. The van der Waals surface area contributed by atoms with Gasteiger partial charge in [0.1, 0.15) is 29.1 Å². The summed E-state index contributed by atoms with van der Waals surface area (Å²) in [5.41, 5.74) is 31.2. The Morgan fingerprint density at radius 1 is 0.161 bits per heavy atom. The normalized spacial score (nSPS) is 19.1. The molecule has 20 rings (SSSR count). The SMILES string of the molecule is CCC1CCC(c2ccc(-c3ccc(-c4ccc(C)cc4)c(F)c3)cc2)CC1.CCCC1CCC(c2ccc(-c3ccc(-c4ccc(C)cc4)c(F)c3)cc2)CC1.CCCCC1CCC(c2ccc(-c3ccc(-c4ccc(C)cc4)c(F)c3)cc2)CC1.CCCCCC1CCC(c2ccc(-c3ccc(-c4ccc(C)cc4)c(F)c3)cc2)CC1.CCCCCC1CCC(c2ccc(-c3ccc(-c4ccc(C)cc4)c(F)c3)cc2)CC1. The van der Waals surface area contributed by atoms with Crippen molar-refractivity contribution in [3.8, 4) is 111 Å². The number of benzene rings is 15. The summed E-state index contributed by atoms with van der Waals surface area (Å²) in [7, 11) is 0. The fourth-order valence-corrected chi connectivity index (χ4v) is 24.4. The highest BCUT2D eigenvalue weighted by Crippen LogP contribution is 2.47. The first kappa shape index (κ1) is 110. The predicted molar refractivity (Wildman–Crippen MR) is 627 cm³/mol. The predicted octanol–water partition coefficient (Wildman–Crippen LogP) is 44.3. The van der Waals surface area contributed by atoms with E-state index in [-0.39, 0.29) is 29.1 Å². The molecule has 5 aliphatic rings. The zero-order valence-electron chi connectivity index (χ0n) is 91.0. The highest BCUT2D eigenvalue weighted by atomic mass is 19.1. The first-order valence-corrected chi connectivity index (χ1v) is 57.5. The van der Waals surface area contributed by atoms with E-state index in [9.17, 15) is 22.0 Å². The number of hydrogen-bond acceptors (Lipinski definition) is 0. The van der Waals surface area contributed by atoms with Crippen molar-refractivity contribution in [3.05, 3.63) is 418 Å². The Morgan fingerprint density at radius 3 is 0.503 bits per heavy atom. The van der Waals surface area contributed by atoms with E-state index in [0.29, 0.717) is 57.4 Å². The summed E-state index contributed by atoms with van der Waals surface area (Å²) >= 11 is 0. The second kappa shape index (κ2) is 55.1. The Hall–Kier alpha value is -12.1. The molecule has 15 aromatic carbocycles. The summed E-state index contributed by atoms with van der Waals surface area (Å²) in [5, 5.41) is 0. The van der Waals surface area contributed by atoms with E-state index in [0.717, 1.165) is 113 Å². The third-order valence-electron chi connectivity index (χ3n) is 34.1. The van der Waals surface area contributed by atoms with Crippen LogP contribution in [0.5, 0.6) is 0 Å². The second-order valence-corrected chi connectivity index (χ2v) is 44.8. The largest absolute Gasteiger partial charge is 0.206 e. The van der Waals surface area contributed by atoms with E-state index < -0.39 is 0 Å². The van der Waals surface area contributed by atoms with Gasteiger partial charge in [-0.25, -0.2) is 22.0 Å². The number of aryl methyl sites for hydroxylation is 5. The topological polar surface area (TPSA) is 0 Å². The first-order valence-electron chi connectivity index (χ1n) is 57.5. The van der Waals surface area contributed by atoms with Crippen molar-refractivity contribution in [2.45, 2.75) is 317 Å². The molecule has 5 fully saturated rings. The van der Waals surface area contributed by atoms with Gasteiger partial charge in [0, 0.05) is 27.8 Å². The van der Waals surface area contributed by atoms with Crippen LogP contribution in [0, 0.1) is 93.3 Å². The molecule has 0 saturated heterocycles. The minimum atomic E-state index is -0.164. The van der Waals surface area contributed by atoms with Gasteiger partial charge in [0.25, 0.3) is 0 Å². The summed E-state index contributed by atoms with van der Waals surface area (Å²) < 4.78 is 74.1. The van der Waals surface area contributed by atoms with Crippen molar-refractivity contribution in [1.82, 2.24) is 0 Å². The Kier molecular flexibility index (Phi) is 40.6. The average Bonchev–Trinajstić information content (AvgIpc) is 0.819. The average molecular weight is 1990 g/mol. The van der Waals surface area contributed by atoms with Crippen LogP contribution >= 0.6 is 0 Å². The standard InChI is InChI=1S/2C30H35F.C29H33F.C28H31F.C27H29F/c2*1-3-4-5-6-23-9-13-24(14-10-23)25-15-17-26(18-16-25)28-19-20-29(30(31)21-28)27-11-7-22(2)8-12-27;1-3-4-5-22-8-12-23(13-9-22)24-14-16-25(17-15-24)27-18-19-28(29(30)20-27)26-10-6-21(2)7-11-26;1-3-4-21-7-11-22(12-8-21)23-13-15-24(16-14-23)26-17-18-27(28(29)19-26)25-9-5-20(2)6-10-25;1-3-20-6-10-21(11-7-20)22-12-14-23(15-13-22)25-16-17-26(27(28)18-25)24-8-4-19(2)5-9-24/h2*7-8,11-12,15-21,23-24H,3-6,9-10,13-14H2,1-2H3;6-7,10-11,14-20,22-23H,3-5,8-9,12-13H2,1-2H3;5-6,9-10,13-19,21-22H,3-4,7-8,11-12H2,1-2H3;4-5,8-9,12-18,20-21H,3,6-7,10-11H2,1-2H3. The molecular formula is C144H163F5. The maximum atomic E-state index is 14.8. The smallest absolute Gasteiger partial charge is 0.131 e. The molecule has 0 radical (unpaired) electrons. The van der Waals surface area contributed by atoms with E-state index in [1.807, 2.05) is 217 Å². The van der Waals surface area contributed by atoms with Crippen LogP contribution in [0.3, 0.4) is 0 Å². The molecule has 0 amide bonds. The van der Waals surface area contributed by atoms with Crippen LogP contribution in [0.2, 0.25) is 0 Å². The molecule has 5 aliphatic carbocycles. The van der Waals surface area contributed by atoms with Gasteiger partial charge < -0.3 is 0 Å². The van der Waals surface area contributed by atoms with Crippen LogP contribution in [0.1, 0.15) is 338 Å². The van der Waals surface area contributed by atoms with E-state index in [1.165, 1.54) is 274 Å². The number of hydrogen-bond donors (Lipinski definition) is 0. The zero-order chi connectivity index (χ0) is 104. The molecule has 0 bridgehead atoms. The second-order valence-electron chi connectivity index (χ2n) is 44.8. The van der Waals surface area contributed by atoms with Crippen molar-refractivity contribution in [3.63, 3.8) is 0 Å². The van der Waals surface area contributed by atoms with Crippen molar-refractivity contribution in [2.24, 2.45) is 29.6 Å². The Balaban J connectivity index is 0.000000133. The molecule has 149 heavy (non-hydrogen) atoms. The Bertz CT molecular complexity index is 6430. The third kappa shape index (κ3) is 30.7. The van der Waals surface area contributed by atoms with Crippen molar-refractivity contribution >= 4 is 0 Å². The van der Waals surface area contributed by atoms with Gasteiger partial charge in [0.15, 0.2) is 0 Å². The molecule has 0 N–H and O–H groups in total. The summed E-state index contributed by atoms with van der Waals surface area (Å²) in [6, 6.07) is 112. The van der Waals surface area contributed by atoms with E-state index in [1.54, 1.807) is 30.3 Å². The Morgan fingerprint density at radius 2 is 0.329 bits per heavy atom. The molecule has 0 aromatic heterocycles. The highest BCUT2D eigenvalue weighted by molar-refractivity contribution is 5.77. The van der Waals surface area contributed by atoms with Gasteiger partial charge in [-0.2, -0.15) is 0 Å². The minimum absolute atomic E-state index is 0.160. The monoisotopic (exact) mass is 1990 g/mol. The maximum Gasteiger partial charge on any atom is 0.131 e. The van der Waals surface area contributed by atoms with E-state index in [4.69, 9.17) is 0 Å². The molecule has 0 spiro atoms. The quantitative estimate of drug-likeness (QED) is 0.0324. The summed E-state index contributed by atoms with van der Waals surface area (Å²) in [5.74, 6) is 7.33. The molecule has 5 heteroatoms. The van der Waals surface area contributed by atoms with Crippen LogP contribution in [0.4, 0.5) is 22.0 Å². The fraction of sp³-hybridized carbons (Fsp3) is 0.375. The molecule has 0 atom stereocenters. The number of unbranched alkanes of at least 4 members (excludes halogenated alkanes) is 5. The number of rotatable bonds is 29. The van der Waals surface area contributed by atoms with Crippen molar-refractivity contribution in [2.75, 3.05) is 0 Å². The van der Waals surface area contributed by atoms with Crippen molar-refractivity contribution < 1.29 is 22.0 Å². The Labute approximate surface area is 892 Å². The summed E-state index contributed by atoms with van der Waals surface area (Å²) in [6.07, 6.45) is 46.0.